The molecular weight excluding hydrogens is 589 g/mol. The van der Waals surface area contributed by atoms with Gasteiger partial charge >= 0.3 is 0 Å². The summed E-state index contributed by atoms with van der Waals surface area (Å²) in [7, 11) is 0. The summed E-state index contributed by atoms with van der Waals surface area (Å²) in [6, 6.07) is 25.2. The van der Waals surface area contributed by atoms with Crippen LogP contribution in [0.25, 0.3) is 6.08 Å². The zero-order valence-electron chi connectivity index (χ0n) is 27.4. The highest BCUT2D eigenvalue weighted by Gasteiger charge is 2.40. The third-order valence-corrected chi connectivity index (χ3v) is 11.2. The molecule has 2 aliphatic heterocycles. The Kier molecular flexibility index (Phi) is 10.9. The van der Waals surface area contributed by atoms with Gasteiger partial charge in [-0.2, -0.15) is 0 Å². The number of rotatable bonds is 10. The standard InChI is InChI=1S/C39H48N4O2S/c1-29-13-14-30(2)34(25-29)28-43-35-11-6-7-12-36(35)46-37(39(43)45)26-31-15-17-33(18-16-31)38(44)40-19-8-20-41-21-23-42(24-22-41)27-32-9-4-3-5-10-32/h3-5,9-10,13-18,25-26,35-36H,6-8,11-12,19-24,27-28H2,1-2H3,(H,40,44)/b37-26-. The summed E-state index contributed by atoms with van der Waals surface area (Å²) in [5.41, 5.74) is 6.69. The quantitative estimate of drug-likeness (QED) is 0.199. The molecule has 1 aliphatic carbocycles. The Balaban J connectivity index is 0.992. The van der Waals surface area contributed by atoms with E-state index in [2.05, 4.69) is 82.4 Å². The zero-order valence-corrected chi connectivity index (χ0v) is 28.2. The van der Waals surface area contributed by atoms with Gasteiger partial charge in [0.05, 0.1) is 4.91 Å². The fraction of sp³-hybridized carbons (Fsp3) is 0.436. The number of thioether (sulfide) groups is 1. The van der Waals surface area contributed by atoms with Crippen molar-refractivity contribution in [2.24, 2.45) is 0 Å². The van der Waals surface area contributed by atoms with Crippen LogP contribution in [0.4, 0.5) is 0 Å². The normalized spacial score (nSPS) is 21.7. The molecule has 242 valence electrons. The van der Waals surface area contributed by atoms with Gasteiger partial charge in [-0.1, -0.05) is 79.1 Å². The van der Waals surface area contributed by atoms with Crippen molar-refractivity contribution in [2.75, 3.05) is 39.3 Å². The van der Waals surface area contributed by atoms with Gasteiger partial charge in [-0.25, -0.2) is 0 Å². The summed E-state index contributed by atoms with van der Waals surface area (Å²) in [6.07, 6.45) is 7.60. The number of amides is 2. The van der Waals surface area contributed by atoms with Crippen molar-refractivity contribution in [2.45, 2.75) is 70.3 Å². The number of fused-ring (bicyclic) bond motifs is 1. The molecule has 6 rings (SSSR count). The van der Waals surface area contributed by atoms with E-state index in [1.54, 1.807) is 11.8 Å². The summed E-state index contributed by atoms with van der Waals surface area (Å²) in [4.78, 5) is 34.7. The third kappa shape index (κ3) is 8.30. The van der Waals surface area contributed by atoms with E-state index in [9.17, 15) is 9.59 Å². The van der Waals surface area contributed by atoms with E-state index in [0.717, 1.165) is 69.0 Å². The van der Waals surface area contributed by atoms with Gasteiger partial charge in [0.1, 0.15) is 0 Å². The van der Waals surface area contributed by atoms with Crippen molar-refractivity contribution < 1.29 is 9.59 Å². The van der Waals surface area contributed by atoms with Crippen LogP contribution in [0.1, 0.15) is 70.3 Å². The van der Waals surface area contributed by atoms with Gasteiger partial charge in [-0.05, 0) is 80.1 Å². The number of carbonyl (C=O) groups excluding carboxylic acids is 2. The highest BCUT2D eigenvalue weighted by atomic mass is 32.2. The lowest BCUT2D eigenvalue weighted by molar-refractivity contribution is -0.130. The first kappa shape index (κ1) is 32.5. The van der Waals surface area contributed by atoms with Gasteiger partial charge < -0.3 is 15.1 Å². The van der Waals surface area contributed by atoms with Gasteiger partial charge in [-0.3, -0.25) is 14.5 Å². The van der Waals surface area contributed by atoms with E-state index in [1.807, 2.05) is 30.3 Å². The molecule has 1 saturated carbocycles. The minimum Gasteiger partial charge on any atom is -0.352 e. The first-order valence-corrected chi connectivity index (χ1v) is 17.9. The molecule has 0 radical (unpaired) electrons. The van der Waals surface area contributed by atoms with Crippen molar-refractivity contribution >= 4 is 29.7 Å². The maximum absolute atomic E-state index is 13.9. The van der Waals surface area contributed by atoms with E-state index in [4.69, 9.17) is 0 Å². The molecule has 2 unspecified atom stereocenters. The van der Waals surface area contributed by atoms with Crippen LogP contribution in [-0.2, 0) is 17.9 Å². The van der Waals surface area contributed by atoms with E-state index < -0.39 is 0 Å². The predicted molar refractivity (Wildman–Crippen MR) is 190 cm³/mol. The van der Waals surface area contributed by atoms with Crippen molar-refractivity contribution in [1.82, 2.24) is 20.0 Å². The minimum atomic E-state index is -0.0419. The van der Waals surface area contributed by atoms with Crippen LogP contribution < -0.4 is 5.32 Å². The van der Waals surface area contributed by atoms with Gasteiger partial charge in [0.2, 0.25) is 0 Å². The van der Waals surface area contributed by atoms with Gasteiger partial charge in [-0.15, -0.1) is 11.8 Å². The van der Waals surface area contributed by atoms with E-state index >= 15 is 0 Å². The molecule has 3 fully saturated rings. The second-order valence-corrected chi connectivity index (χ2v) is 14.5. The van der Waals surface area contributed by atoms with Crippen LogP contribution in [0.3, 0.4) is 0 Å². The molecule has 3 aliphatic rings. The Morgan fingerprint density at radius 1 is 0.891 bits per heavy atom. The average molecular weight is 637 g/mol. The Morgan fingerprint density at radius 3 is 2.41 bits per heavy atom. The van der Waals surface area contributed by atoms with Crippen LogP contribution >= 0.6 is 11.8 Å². The van der Waals surface area contributed by atoms with Gasteiger partial charge in [0, 0.05) is 62.7 Å². The highest BCUT2D eigenvalue weighted by Crippen LogP contribution is 2.43. The van der Waals surface area contributed by atoms with E-state index in [-0.39, 0.29) is 11.8 Å². The molecule has 2 saturated heterocycles. The Bertz CT molecular complexity index is 1510. The molecule has 7 heteroatoms. The lowest BCUT2D eigenvalue weighted by Crippen LogP contribution is -2.50. The van der Waals surface area contributed by atoms with Crippen molar-refractivity contribution in [3.05, 3.63) is 111 Å². The molecule has 2 heterocycles. The Hall–Kier alpha value is -3.39. The van der Waals surface area contributed by atoms with Crippen LogP contribution in [-0.4, -0.2) is 77.1 Å². The molecule has 2 atom stereocenters. The van der Waals surface area contributed by atoms with Crippen molar-refractivity contribution in [3.63, 3.8) is 0 Å². The van der Waals surface area contributed by atoms with Crippen LogP contribution in [0.5, 0.6) is 0 Å². The number of nitrogens with one attached hydrogen (secondary N) is 1. The molecule has 3 aromatic carbocycles. The SMILES string of the molecule is Cc1ccc(C)c(CN2C(=O)/C(=C/c3ccc(C(=O)NCCCN4CCN(Cc5ccccc5)CC4)cc3)SC3CCCCC32)c1. The first-order chi connectivity index (χ1) is 22.4. The van der Waals surface area contributed by atoms with Crippen LogP contribution in [0.15, 0.2) is 77.7 Å². The molecule has 6 nitrogen and oxygen atoms in total. The molecular formula is C39H48N4O2S. The number of aryl methyl sites for hydroxylation is 2. The number of hydrogen-bond donors (Lipinski definition) is 1. The summed E-state index contributed by atoms with van der Waals surface area (Å²) >= 11 is 1.76. The van der Waals surface area contributed by atoms with E-state index in [0.29, 0.717) is 29.9 Å². The average Bonchev–Trinajstić information content (AvgIpc) is 3.08. The molecule has 46 heavy (non-hydrogen) atoms. The summed E-state index contributed by atoms with van der Waals surface area (Å²) in [5.74, 6) is 0.0910. The van der Waals surface area contributed by atoms with Crippen molar-refractivity contribution in [1.29, 1.82) is 0 Å². The maximum Gasteiger partial charge on any atom is 0.260 e. The molecule has 3 aromatic rings. The number of benzene rings is 3. The second kappa shape index (κ2) is 15.5. The highest BCUT2D eigenvalue weighted by molar-refractivity contribution is 8.04. The Labute approximate surface area is 279 Å². The van der Waals surface area contributed by atoms with E-state index in [1.165, 1.54) is 35.1 Å². The first-order valence-electron chi connectivity index (χ1n) is 17.1. The smallest absolute Gasteiger partial charge is 0.260 e. The fourth-order valence-corrected chi connectivity index (χ4v) is 8.49. The van der Waals surface area contributed by atoms with Crippen LogP contribution in [0, 0.1) is 13.8 Å². The number of hydrogen-bond acceptors (Lipinski definition) is 5. The summed E-state index contributed by atoms with van der Waals surface area (Å²) in [5, 5.41) is 3.54. The third-order valence-electron chi connectivity index (χ3n) is 9.78. The molecule has 0 bridgehead atoms. The lowest BCUT2D eigenvalue weighted by Gasteiger charge is -2.44. The number of carbonyl (C=O) groups is 2. The lowest BCUT2D eigenvalue weighted by atomic mass is 9.92. The summed E-state index contributed by atoms with van der Waals surface area (Å²) < 4.78 is 0. The molecule has 0 spiro atoms. The monoisotopic (exact) mass is 636 g/mol. The minimum absolute atomic E-state index is 0.0419. The summed E-state index contributed by atoms with van der Waals surface area (Å²) in [6.45, 7) is 11.9. The van der Waals surface area contributed by atoms with Crippen molar-refractivity contribution in [3.8, 4) is 0 Å². The zero-order chi connectivity index (χ0) is 31.9. The van der Waals surface area contributed by atoms with Gasteiger partial charge in [0.15, 0.2) is 0 Å². The molecule has 2 amide bonds. The van der Waals surface area contributed by atoms with Crippen LogP contribution in [0.2, 0.25) is 0 Å². The second-order valence-electron chi connectivity index (χ2n) is 13.2. The Morgan fingerprint density at radius 2 is 1.63 bits per heavy atom. The number of piperazine rings is 1. The largest absolute Gasteiger partial charge is 0.352 e. The topological polar surface area (TPSA) is 55.9 Å². The molecule has 1 N–H and O–H groups in total. The molecule has 0 aromatic heterocycles. The fourth-order valence-electron chi connectivity index (χ4n) is 7.02. The number of nitrogens with zero attached hydrogens (tertiary/aromatic N) is 3. The predicted octanol–water partition coefficient (Wildman–Crippen LogP) is 6.67. The van der Waals surface area contributed by atoms with Gasteiger partial charge in [0.25, 0.3) is 11.8 Å². The maximum atomic E-state index is 13.9.